The van der Waals surface area contributed by atoms with Gasteiger partial charge >= 0.3 is 5.97 Å². The van der Waals surface area contributed by atoms with Gasteiger partial charge in [-0.05, 0) is 36.8 Å². The maximum Gasteiger partial charge on any atom is 0.349 e. The number of rotatable bonds is 4. The molecule has 2 aromatic rings. The summed E-state index contributed by atoms with van der Waals surface area (Å²) in [4.78, 5) is 12.3. The molecule has 0 aliphatic carbocycles. The molecule has 21 heavy (non-hydrogen) atoms. The molecule has 0 amide bonds. The molecule has 0 bridgehead atoms. The summed E-state index contributed by atoms with van der Waals surface area (Å²) in [5, 5.41) is 9.81. The van der Waals surface area contributed by atoms with Crippen LogP contribution in [0.3, 0.4) is 0 Å². The number of aryl methyl sites for hydroxylation is 1. The van der Waals surface area contributed by atoms with Gasteiger partial charge in [0.25, 0.3) is 0 Å². The van der Waals surface area contributed by atoms with E-state index in [1.165, 1.54) is 11.3 Å². The summed E-state index contributed by atoms with van der Waals surface area (Å²) >= 11 is 7.16. The van der Waals surface area contributed by atoms with Crippen LogP contribution < -0.4 is 9.47 Å². The van der Waals surface area contributed by atoms with E-state index >= 15 is 0 Å². The fraction of sp³-hybridized carbons (Fsp3) is 0.267. The van der Waals surface area contributed by atoms with Crippen molar-refractivity contribution in [3.8, 4) is 11.5 Å². The molecule has 110 valence electrons. The number of thiophene rings is 1. The van der Waals surface area contributed by atoms with E-state index in [0.29, 0.717) is 23.8 Å². The zero-order valence-corrected chi connectivity index (χ0v) is 12.8. The van der Waals surface area contributed by atoms with E-state index < -0.39 is 5.97 Å². The van der Waals surface area contributed by atoms with Crippen LogP contribution in [-0.4, -0.2) is 23.8 Å². The fourth-order valence-electron chi connectivity index (χ4n) is 2.31. The van der Waals surface area contributed by atoms with Crippen LogP contribution in [0.25, 0.3) is 0 Å². The van der Waals surface area contributed by atoms with Crippen LogP contribution in [0.15, 0.2) is 24.3 Å². The zero-order chi connectivity index (χ0) is 15.0. The monoisotopic (exact) mass is 324 g/mol. The molecule has 0 spiro atoms. The minimum Gasteiger partial charge on any atom is -0.488 e. The molecule has 0 fully saturated rings. The predicted molar refractivity (Wildman–Crippen MR) is 81.1 cm³/mol. The van der Waals surface area contributed by atoms with E-state index in [-0.39, 0.29) is 11.0 Å². The number of fused-ring (bicyclic) bond motifs is 1. The van der Waals surface area contributed by atoms with Gasteiger partial charge in [-0.25, -0.2) is 4.79 Å². The number of halogens is 1. The lowest BCUT2D eigenvalue weighted by Crippen LogP contribution is -2.22. The molecule has 1 aliphatic heterocycles. The van der Waals surface area contributed by atoms with Gasteiger partial charge in [0.2, 0.25) is 0 Å². The van der Waals surface area contributed by atoms with Gasteiger partial charge in [0.15, 0.2) is 4.88 Å². The Morgan fingerprint density at radius 2 is 2.33 bits per heavy atom. The second-order valence-corrected chi connectivity index (χ2v) is 6.56. The van der Waals surface area contributed by atoms with Crippen LogP contribution in [0.2, 0.25) is 5.02 Å². The minimum absolute atomic E-state index is 0.125. The molecule has 1 aliphatic rings. The Balaban J connectivity index is 1.66. The van der Waals surface area contributed by atoms with E-state index in [9.17, 15) is 4.79 Å². The van der Waals surface area contributed by atoms with Crippen LogP contribution >= 0.6 is 22.9 Å². The van der Waals surface area contributed by atoms with Crippen LogP contribution in [0.5, 0.6) is 11.5 Å². The van der Waals surface area contributed by atoms with E-state index in [0.717, 1.165) is 16.2 Å². The first-order valence-electron chi connectivity index (χ1n) is 6.44. The summed E-state index contributed by atoms with van der Waals surface area (Å²) in [7, 11) is 0. The third kappa shape index (κ3) is 2.99. The summed E-state index contributed by atoms with van der Waals surface area (Å²) in [6.07, 6.45) is 0.585. The van der Waals surface area contributed by atoms with Gasteiger partial charge in [0, 0.05) is 16.3 Å². The number of hydrogen-bond acceptors (Lipinski definition) is 4. The highest BCUT2D eigenvalue weighted by Gasteiger charge is 2.25. The minimum atomic E-state index is -0.967. The summed E-state index contributed by atoms with van der Waals surface area (Å²) in [5.74, 6) is 0.251. The summed E-state index contributed by atoms with van der Waals surface area (Å²) in [6, 6.07) is 7.25. The van der Waals surface area contributed by atoms with E-state index in [2.05, 4.69) is 0 Å². The molecule has 1 N–H and O–H groups in total. The van der Waals surface area contributed by atoms with Gasteiger partial charge in [0.05, 0.1) is 0 Å². The van der Waals surface area contributed by atoms with Crippen molar-refractivity contribution in [3.63, 3.8) is 0 Å². The summed E-state index contributed by atoms with van der Waals surface area (Å²) in [6.45, 7) is 2.16. The normalized spacial score (nSPS) is 16.4. The Hall–Kier alpha value is -1.72. The van der Waals surface area contributed by atoms with Gasteiger partial charge in [-0.15, -0.1) is 11.3 Å². The van der Waals surface area contributed by atoms with Crippen molar-refractivity contribution >= 4 is 28.9 Å². The number of benzene rings is 1. The third-order valence-corrected chi connectivity index (χ3v) is 4.46. The average molecular weight is 325 g/mol. The van der Waals surface area contributed by atoms with E-state index in [1.54, 1.807) is 12.1 Å². The maximum atomic E-state index is 11.1. The molecule has 1 aromatic heterocycles. The highest BCUT2D eigenvalue weighted by Crippen LogP contribution is 2.33. The largest absolute Gasteiger partial charge is 0.488 e. The Morgan fingerprint density at radius 3 is 3.10 bits per heavy atom. The van der Waals surface area contributed by atoms with E-state index in [1.807, 2.05) is 19.1 Å². The highest BCUT2D eigenvalue weighted by atomic mass is 35.5. The molecular weight excluding hydrogens is 312 g/mol. The topological polar surface area (TPSA) is 55.8 Å². The number of hydrogen-bond donors (Lipinski definition) is 1. The summed E-state index contributed by atoms with van der Waals surface area (Å²) in [5.41, 5.74) is 1.05. The number of carboxylic acids is 1. The summed E-state index contributed by atoms with van der Waals surface area (Å²) < 4.78 is 11.4. The van der Waals surface area contributed by atoms with Crippen molar-refractivity contribution in [3.05, 3.63) is 44.6 Å². The van der Waals surface area contributed by atoms with Gasteiger partial charge in [0.1, 0.15) is 24.2 Å². The standard InChI is InChI=1S/C15H13ClO4S/c1-8-4-13(14(21-8)15(17)18)19-7-11-6-9-5-10(16)2-3-12(9)20-11/h2-5,11H,6-7H2,1H3,(H,17,18). The lowest BCUT2D eigenvalue weighted by atomic mass is 10.1. The van der Waals surface area contributed by atoms with Crippen molar-refractivity contribution in [2.24, 2.45) is 0 Å². The van der Waals surface area contributed by atoms with Crippen LogP contribution in [-0.2, 0) is 6.42 Å². The first-order chi connectivity index (χ1) is 10.0. The van der Waals surface area contributed by atoms with Crippen molar-refractivity contribution in [1.29, 1.82) is 0 Å². The van der Waals surface area contributed by atoms with Crippen molar-refractivity contribution in [2.45, 2.75) is 19.4 Å². The maximum absolute atomic E-state index is 11.1. The first-order valence-corrected chi connectivity index (χ1v) is 7.64. The fourth-order valence-corrected chi connectivity index (χ4v) is 3.30. The Labute approximate surface area is 130 Å². The second-order valence-electron chi connectivity index (χ2n) is 4.86. The molecular formula is C15H13ClO4S. The molecule has 0 saturated carbocycles. The lowest BCUT2D eigenvalue weighted by Gasteiger charge is -2.12. The second kappa shape index (κ2) is 5.58. The molecule has 1 aromatic carbocycles. The van der Waals surface area contributed by atoms with E-state index in [4.69, 9.17) is 26.2 Å². The molecule has 6 heteroatoms. The molecule has 2 heterocycles. The Bertz CT molecular complexity index is 695. The zero-order valence-electron chi connectivity index (χ0n) is 11.3. The molecule has 0 radical (unpaired) electrons. The van der Waals surface area contributed by atoms with Gasteiger partial charge < -0.3 is 14.6 Å². The van der Waals surface area contributed by atoms with Gasteiger partial charge in [-0.3, -0.25) is 0 Å². The Morgan fingerprint density at radius 1 is 1.52 bits per heavy atom. The number of aromatic carboxylic acids is 1. The lowest BCUT2D eigenvalue weighted by molar-refractivity contribution is 0.0694. The Kier molecular flexibility index (Phi) is 3.78. The number of carbonyl (C=O) groups is 1. The van der Waals surface area contributed by atoms with Crippen molar-refractivity contribution in [1.82, 2.24) is 0 Å². The van der Waals surface area contributed by atoms with Crippen molar-refractivity contribution < 1.29 is 19.4 Å². The highest BCUT2D eigenvalue weighted by molar-refractivity contribution is 7.14. The number of carboxylic acid groups (broad SMARTS) is 1. The molecule has 1 unspecified atom stereocenters. The number of ether oxygens (including phenoxy) is 2. The third-order valence-electron chi connectivity index (χ3n) is 3.20. The van der Waals surface area contributed by atoms with Crippen LogP contribution in [0.4, 0.5) is 0 Å². The van der Waals surface area contributed by atoms with Gasteiger partial charge in [-0.2, -0.15) is 0 Å². The average Bonchev–Trinajstić information content (AvgIpc) is 2.98. The van der Waals surface area contributed by atoms with Crippen molar-refractivity contribution in [2.75, 3.05) is 6.61 Å². The quantitative estimate of drug-likeness (QED) is 0.929. The SMILES string of the molecule is Cc1cc(OCC2Cc3cc(Cl)ccc3O2)c(C(=O)O)s1. The van der Waals surface area contributed by atoms with Gasteiger partial charge in [-0.1, -0.05) is 11.6 Å². The van der Waals surface area contributed by atoms with Crippen LogP contribution in [0.1, 0.15) is 20.1 Å². The van der Waals surface area contributed by atoms with Crippen LogP contribution in [0, 0.1) is 6.92 Å². The first kappa shape index (κ1) is 14.2. The smallest absolute Gasteiger partial charge is 0.349 e. The predicted octanol–water partition coefficient (Wildman–Crippen LogP) is 3.79. The molecule has 3 rings (SSSR count). The molecule has 1 atom stereocenters. The molecule has 0 saturated heterocycles. The molecule has 4 nitrogen and oxygen atoms in total.